The zero-order chi connectivity index (χ0) is 14.7. The van der Waals surface area contributed by atoms with E-state index in [0.717, 1.165) is 10.6 Å². The molecule has 0 spiro atoms. The van der Waals surface area contributed by atoms with Gasteiger partial charge in [-0.15, -0.1) is 5.10 Å². The van der Waals surface area contributed by atoms with E-state index in [9.17, 15) is 17.6 Å². The van der Waals surface area contributed by atoms with Gasteiger partial charge in [-0.25, -0.2) is 14.4 Å². The number of fused-ring (bicyclic) bond motifs is 3. The topological polar surface area (TPSA) is 43.1 Å². The van der Waals surface area contributed by atoms with Crippen LogP contribution in [-0.4, -0.2) is 19.6 Å². The first-order valence-electron chi connectivity index (χ1n) is 5.36. The summed E-state index contributed by atoms with van der Waals surface area (Å²) in [4.78, 5) is 7.68. The lowest BCUT2D eigenvalue weighted by atomic mass is 10.1. The van der Waals surface area contributed by atoms with Gasteiger partial charge in [0.1, 0.15) is 17.2 Å². The second-order valence-electron chi connectivity index (χ2n) is 4.13. The first kappa shape index (κ1) is 13.0. The normalized spacial score (nSPS) is 12.5. The molecule has 0 radical (unpaired) electrons. The molecule has 4 nitrogen and oxygen atoms in total. The van der Waals surface area contributed by atoms with Crippen molar-refractivity contribution in [3.8, 4) is 0 Å². The number of rotatable bonds is 0. The summed E-state index contributed by atoms with van der Waals surface area (Å²) in [5.74, 6) is -0.820. The maximum atomic E-state index is 13.8. The highest BCUT2D eigenvalue weighted by molar-refractivity contribution is 6.29. The Kier molecular flexibility index (Phi) is 2.62. The van der Waals surface area contributed by atoms with E-state index in [2.05, 4.69) is 15.1 Å². The smallest absolute Gasteiger partial charge is 0.215 e. The van der Waals surface area contributed by atoms with Gasteiger partial charge in [0, 0.05) is 5.39 Å². The molecule has 0 saturated heterocycles. The lowest BCUT2D eigenvalue weighted by Gasteiger charge is -2.09. The van der Waals surface area contributed by atoms with Gasteiger partial charge in [0.15, 0.2) is 5.65 Å². The summed E-state index contributed by atoms with van der Waals surface area (Å²) in [6.45, 7) is 1.54. The molecular formula is C11H5ClF4N4. The van der Waals surface area contributed by atoms with Crippen LogP contribution in [0.3, 0.4) is 0 Å². The molecule has 9 heteroatoms. The van der Waals surface area contributed by atoms with Gasteiger partial charge in [0.05, 0.1) is 5.56 Å². The molecular weight excluding hydrogens is 300 g/mol. The van der Waals surface area contributed by atoms with Crippen LogP contribution in [0.1, 0.15) is 11.4 Å². The van der Waals surface area contributed by atoms with Gasteiger partial charge in [0.2, 0.25) is 5.28 Å². The fourth-order valence-electron chi connectivity index (χ4n) is 1.90. The van der Waals surface area contributed by atoms with E-state index in [-0.39, 0.29) is 21.8 Å². The van der Waals surface area contributed by atoms with Crippen molar-refractivity contribution in [2.75, 3.05) is 0 Å². The van der Waals surface area contributed by atoms with E-state index in [1.165, 1.54) is 0 Å². The molecule has 0 aliphatic carbocycles. The van der Waals surface area contributed by atoms with E-state index >= 15 is 0 Å². The monoisotopic (exact) mass is 304 g/mol. The summed E-state index contributed by atoms with van der Waals surface area (Å²) in [7, 11) is 0. The number of aromatic nitrogens is 4. The summed E-state index contributed by atoms with van der Waals surface area (Å²) in [6, 6.07) is 1.16. The molecule has 0 N–H and O–H groups in total. The predicted octanol–water partition coefficient (Wildman–Crippen LogP) is 3.40. The predicted molar refractivity (Wildman–Crippen MR) is 63.0 cm³/mol. The van der Waals surface area contributed by atoms with E-state index in [4.69, 9.17) is 11.6 Å². The number of alkyl halides is 3. The zero-order valence-electron chi connectivity index (χ0n) is 9.83. The molecule has 1 aromatic carbocycles. The van der Waals surface area contributed by atoms with Crippen LogP contribution >= 0.6 is 11.6 Å². The Bertz CT molecular complexity index is 840. The average molecular weight is 305 g/mol. The highest BCUT2D eigenvalue weighted by Gasteiger charge is 2.32. The second kappa shape index (κ2) is 4.02. The lowest BCUT2D eigenvalue weighted by Crippen LogP contribution is -2.07. The Morgan fingerprint density at radius 2 is 1.90 bits per heavy atom. The zero-order valence-corrected chi connectivity index (χ0v) is 10.6. The van der Waals surface area contributed by atoms with Crippen LogP contribution in [0.4, 0.5) is 17.6 Å². The fourth-order valence-corrected chi connectivity index (χ4v) is 2.11. The third-order valence-electron chi connectivity index (χ3n) is 2.72. The Morgan fingerprint density at radius 1 is 1.20 bits per heavy atom. The number of aryl methyl sites for hydroxylation is 1. The van der Waals surface area contributed by atoms with E-state index in [1.54, 1.807) is 6.92 Å². The number of hydrogen-bond donors (Lipinski definition) is 0. The van der Waals surface area contributed by atoms with Crippen molar-refractivity contribution in [3.05, 3.63) is 34.6 Å². The molecule has 0 saturated carbocycles. The molecule has 104 valence electrons. The molecule has 0 atom stereocenters. The Balaban J connectivity index is 2.50. The standard InChI is InChI=1S/C11H5ClF4N4/c1-4-17-9-6-2-5(11(14,15)16)3-7(13)8(6)18-10(12)20(9)19-4/h2-3H,1H3. The first-order chi connectivity index (χ1) is 9.27. The molecule has 2 heterocycles. The highest BCUT2D eigenvalue weighted by atomic mass is 35.5. The molecule has 3 aromatic rings. The maximum Gasteiger partial charge on any atom is 0.416 e. The van der Waals surface area contributed by atoms with Crippen LogP contribution in [0.15, 0.2) is 12.1 Å². The summed E-state index contributed by atoms with van der Waals surface area (Å²) in [5, 5.41) is 3.62. The average Bonchev–Trinajstić information content (AvgIpc) is 2.72. The second-order valence-corrected chi connectivity index (χ2v) is 4.47. The molecule has 0 bridgehead atoms. The third-order valence-corrected chi connectivity index (χ3v) is 2.97. The van der Waals surface area contributed by atoms with Crippen LogP contribution in [0, 0.1) is 12.7 Å². The van der Waals surface area contributed by atoms with Crippen molar-refractivity contribution in [2.45, 2.75) is 13.1 Å². The summed E-state index contributed by atoms with van der Waals surface area (Å²) >= 11 is 5.81. The first-order valence-corrected chi connectivity index (χ1v) is 5.74. The van der Waals surface area contributed by atoms with Crippen LogP contribution in [0.2, 0.25) is 5.28 Å². The maximum absolute atomic E-state index is 13.8. The largest absolute Gasteiger partial charge is 0.416 e. The van der Waals surface area contributed by atoms with Crippen LogP contribution in [0.5, 0.6) is 0 Å². The van der Waals surface area contributed by atoms with Gasteiger partial charge in [0.25, 0.3) is 0 Å². The van der Waals surface area contributed by atoms with Crippen molar-refractivity contribution in [3.63, 3.8) is 0 Å². The third kappa shape index (κ3) is 1.87. The number of halogens is 5. The van der Waals surface area contributed by atoms with Gasteiger partial charge >= 0.3 is 6.18 Å². The minimum atomic E-state index is -4.67. The van der Waals surface area contributed by atoms with Gasteiger partial charge in [-0.05, 0) is 30.7 Å². The van der Waals surface area contributed by atoms with Crippen molar-refractivity contribution in [1.82, 2.24) is 19.6 Å². The number of hydrogen-bond acceptors (Lipinski definition) is 3. The summed E-state index contributed by atoms with van der Waals surface area (Å²) in [6.07, 6.45) is -4.67. The molecule has 0 fully saturated rings. The van der Waals surface area contributed by atoms with Crippen molar-refractivity contribution in [2.24, 2.45) is 0 Å². The van der Waals surface area contributed by atoms with Crippen molar-refractivity contribution in [1.29, 1.82) is 0 Å². The minimum absolute atomic E-state index is 0.0301. The molecule has 2 aromatic heterocycles. The molecule has 0 amide bonds. The van der Waals surface area contributed by atoms with E-state index < -0.39 is 17.6 Å². The molecule has 0 aliphatic rings. The van der Waals surface area contributed by atoms with Crippen LogP contribution in [0.25, 0.3) is 16.6 Å². The Labute approximate surface area is 114 Å². The van der Waals surface area contributed by atoms with Gasteiger partial charge in [-0.2, -0.15) is 17.7 Å². The fraction of sp³-hybridized carbons (Fsp3) is 0.182. The minimum Gasteiger partial charge on any atom is -0.215 e. The Hall–Kier alpha value is -1.96. The van der Waals surface area contributed by atoms with Gasteiger partial charge in [-0.1, -0.05) is 0 Å². The number of nitrogens with zero attached hydrogens (tertiary/aromatic N) is 4. The summed E-state index contributed by atoms with van der Waals surface area (Å²) < 4.78 is 53.1. The van der Waals surface area contributed by atoms with E-state index in [0.29, 0.717) is 11.9 Å². The summed E-state index contributed by atoms with van der Waals surface area (Å²) in [5.41, 5.74) is -1.36. The van der Waals surface area contributed by atoms with Crippen molar-refractivity contribution < 1.29 is 17.6 Å². The molecule has 20 heavy (non-hydrogen) atoms. The Morgan fingerprint density at radius 3 is 2.55 bits per heavy atom. The van der Waals surface area contributed by atoms with Crippen LogP contribution < -0.4 is 0 Å². The van der Waals surface area contributed by atoms with Gasteiger partial charge in [-0.3, -0.25) is 0 Å². The molecule has 3 rings (SSSR count). The van der Waals surface area contributed by atoms with Crippen molar-refractivity contribution >= 4 is 28.2 Å². The number of benzene rings is 1. The molecule has 0 aliphatic heterocycles. The molecule has 0 unspecified atom stereocenters. The van der Waals surface area contributed by atoms with E-state index in [1.807, 2.05) is 0 Å². The van der Waals surface area contributed by atoms with Crippen LogP contribution in [-0.2, 0) is 6.18 Å². The lowest BCUT2D eigenvalue weighted by molar-refractivity contribution is -0.137. The van der Waals surface area contributed by atoms with Gasteiger partial charge < -0.3 is 0 Å². The highest BCUT2D eigenvalue weighted by Crippen LogP contribution is 2.33. The SMILES string of the molecule is Cc1nc2c3cc(C(F)(F)F)cc(F)c3nc(Cl)n2n1. The quantitative estimate of drug-likeness (QED) is 0.472.